The molecule has 3 rings (SSSR count). The van der Waals surface area contributed by atoms with E-state index in [4.69, 9.17) is 9.15 Å². The number of ether oxygens (including phenoxy) is 1. The number of aromatic nitrogens is 1. The van der Waals surface area contributed by atoms with Crippen LogP contribution in [0.4, 0.5) is 5.88 Å². The van der Waals surface area contributed by atoms with Crippen molar-refractivity contribution in [2.24, 2.45) is 4.99 Å². The maximum Gasteiger partial charge on any atom is 0.433 e. The molecule has 140 valence electrons. The number of aryl methyl sites for hydroxylation is 2. The van der Waals surface area contributed by atoms with Crippen molar-refractivity contribution < 1.29 is 23.7 Å². The maximum absolute atomic E-state index is 12.4. The van der Waals surface area contributed by atoms with Crippen molar-refractivity contribution in [2.75, 3.05) is 7.11 Å². The molecule has 3 aromatic rings. The van der Waals surface area contributed by atoms with Crippen LogP contribution in [0.2, 0.25) is 0 Å². The summed E-state index contributed by atoms with van der Waals surface area (Å²) in [6.07, 6.45) is 0. The summed E-state index contributed by atoms with van der Waals surface area (Å²) in [5, 5.41) is 10.7. The number of hydrogen-bond acceptors (Lipinski definition) is 7. The number of nitrogens with zero attached hydrogens (tertiary/aromatic N) is 3. The van der Waals surface area contributed by atoms with Crippen LogP contribution in [-0.4, -0.2) is 28.5 Å². The predicted octanol–water partition coefficient (Wildman–Crippen LogP) is 2.73. The third-order valence-corrected chi connectivity index (χ3v) is 4.83. The monoisotopic (exact) mass is 389 g/mol. The number of fused-ring (bicyclic) bond motifs is 1. The number of rotatable bonds is 4. The molecule has 0 aliphatic carbocycles. The average Bonchev–Trinajstić information content (AvgIpc) is 3.20. The Bertz CT molecular complexity index is 1140. The summed E-state index contributed by atoms with van der Waals surface area (Å²) in [6.45, 7) is 3.73. The molecular formula is C17H15N3O6S. The third kappa shape index (κ3) is 3.65. The number of benzene rings is 1. The van der Waals surface area contributed by atoms with Crippen LogP contribution in [0, 0.1) is 24.0 Å². The van der Waals surface area contributed by atoms with E-state index in [1.807, 2.05) is 26.0 Å². The van der Waals surface area contributed by atoms with E-state index in [2.05, 4.69) is 4.99 Å². The Balaban J connectivity index is 2.16. The van der Waals surface area contributed by atoms with E-state index in [1.165, 1.54) is 24.5 Å². The van der Waals surface area contributed by atoms with Crippen LogP contribution in [0.3, 0.4) is 0 Å². The second kappa shape index (κ2) is 7.16. The molecule has 1 aromatic carbocycles. The van der Waals surface area contributed by atoms with Gasteiger partial charge in [-0.25, -0.2) is 0 Å². The van der Waals surface area contributed by atoms with Gasteiger partial charge in [-0.2, -0.15) is 4.99 Å². The molecule has 0 fully saturated rings. The lowest BCUT2D eigenvalue weighted by Gasteiger charge is -2.06. The zero-order valence-electron chi connectivity index (χ0n) is 14.7. The summed E-state index contributed by atoms with van der Waals surface area (Å²) in [5.41, 5.74) is 2.73. The highest BCUT2D eigenvalue weighted by Crippen LogP contribution is 2.23. The van der Waals surface area contributed by atoms with Crippen molar-refractivity contribution in [3.63, 3.8) is 0 Å². The van der Waals surface area contributed by atoms with Gasteiger partial charge in [-0.05, 0) is 37.1 Å². The Morgan fingerprint density at radius 1 is 1.33 bits per heavy atom. The number of carbonyl (C=O) groups excluding carboxylic acids is 2. The van der Waals surface area contributed by atoms with Gasteiger partial charge < -0.3 is 13.7 Å². The van der Waals surface area contributed by atoms with Crippen molar-refractivity contribution in [1.82, 2.24) is 4.57 Å². The van der Waals surface area contributed by atoms with Crippen LogP contribution in [0.15, 0.2) is 33.7 Å². The number of nitro groups is 1. The molecule has 0 spiro atoms. The minimum Gasteiger partial charge on any atom is -0.468 e. The standard InChI is InChI=1S/C17H15N3O6S/c1-9-6-10(2)15-12(7-9)27-17(19(15)8-14(21)25-3)18-16(22)11-4-5-13(26-11)20(23)24/h4-7H,8H2,1-3H3. The van der Waals surface area contributed by atoms with E-state index in [0.29, 0.717) is 0 Å². The van der Waals surface area contributed by atoms with Crippen LogP contribution in [0.5, 0.6) is 0 Å². The summed E-state index contributed by atoms with van der Waals surface area (Å²) < 4.78 is 12.1. The fraction of sp³-hybridized carbons (Fsp3) is 0.235. The lowest BCUT2D eigenvalue weighted by Crippen LogP contribution is -2.22. The molecule has 0 saturated carbocycles. The molecule has 0 saturated heterocycles. The summed E-state index contributed by atoms with van der Waals surface area (Å²) in [7, 11) is 1.28. The normalized spacial score (nSPS) is 11.7. The van der Waals surface area contributed by atoms with E-state index in [1.54, 1.807) is 4.57 Å². The highest BCUT2D eigenvalue weighted by molar-refractivity contribution is 7.16. The molecule has 0 N–H and O–H groups in total. The lowest BCUT2D eigenvalue weighted by atomic mass is 10.1. The fourth-order valence-electron chi connectivity index (χ4n) is 2.70. The molecule has 0 unspecified atom stereocenters. The van der Waals surface area contributed by atoms with Crippen molar-refractivity contribution in [3.05, 3.63) is 56.1 Å². The van der Waals surface area contributed by atoms with Crippen LogP contribution in [0.25, 0.3) is 10.2 Å². The number of furan rings is 1. The molecule has 0 aliphatic rings. The highest BCUT2D eigenvalue weighted by atomic mass is 32.1. The SMILES string of the molecule is COC(=O)Cn1c(=NC(=O)c2ccc([N+](=O)[O-])o2)sc2cc(C)cc(C)c21. The molecule has 27 heavy (non-hydrogen) atoms. The first-order valence-electron chi connectivity index (χ1n) is 7.81. The first kappa shape index (κ1) is 18.5. The number of methoxy groups -OCH3 is 1. The van der Waals surface area contributed by atoms with E-state index in [0.717, 1.165) is 27.4 Å². The van der Waals surface area contributed by atoms with Gasteiger partial charge in [0.05, 0.1) is 23.4 Å². The average molecular weight is 389 g/mol. The molecule has 0 radical (unpaired) electrons. The van der Waals surface area contributed by atoms with Gasteiger partial charge in [0, 0.05) is 0 Å². The zero-order chi connectivity index (χ0) is 19.7. The number of esters is 1. The molecule has 2 heterocycles. The largest absolute Gasteiger partial charge is 0.468 e. The first-order valence-corrected chi connectivity index (χ1v) is 8.62. The Hall–Kier alpha value is -3.27. The molecule has 2 aromatic heterocycles. The van der Waals surface area contributed by atoms with Gasteiger partial charge >= 0.3 is 17.8 Å². The van der Waals surface area contributed by atoms with Crippen molar-refractivity contribution in [1.29, 1.82) is 0 Å². The molecular weight excluding hydrogens is 374 g/mol. The summed E-state index contributed by atoms with van der Waals surface area (Å²) in [5.74, 6) is -2.06. The van der Waals surface area contributed by atoms with Gasteiger partial charge in [0.15, 0.2) is 4.80 Å². The lowest BCUT2D eigenvalue weighted by molar-refractivity contribution is -0.402. The Morgan fingerprint density at radius 2 is 2.07 bits per heavy atom. The van der Waals surface area contributed by atoms with Crippen molar-refractivity contribution in [3.8, 4) is 0 Å². The highest BCUT2D eigenvalue weighted by Gasteiger charge is 2.18. The van der Waals surface area contributed by atoms with E-state index in [-0.39, 0.29) is 17.1 Å². The van der Waals surface area contributed by atoms with Crippen molar-refractivity contribution >= 4 is 39.3 Å². The van der Waals surface area contributed by atoms with Crippen LogP contribution in [-0.2, 0) is 16.1 Å². The second-order valence-corrected chi connectivity index (χ2v) is 6.80. The van der Waals surface area contributed by atoms with Gasteiger partial charge in [0.2, 0.25) is 5.76 Å². The van der Waals surface area contributed by atoms with Gasteiger partial charge in [-0.1, -0.05) is 17.4 Å². The van der Waals surface area contributed by atoms with E-state index in [9.17, 15) is 19.7 Å². The minimum absolute atomic E-state index is 0.120. The van der Waals surface area contributed by atoms with Crippen LogP contribution >= 0.6 is 11.3 Å². The Labute approximate surface area is 156 Å². The number of hydrogen-bond donors (Lipinski definition) is 0. The van der Waals surface area contributed by atoms with E-state index < -0.39 is 22.7 Å². The Morgan fingerprint density at radius 3 is 2.70 bits per heavy atom. The molecule has 0 bridgehead atoms. The van der Waals surface area contributed by atoms with Gasteiger partial charge in [-0.3, -0.25) is 19.7 Å². The predicted molar refractivity (Wildman–Crippen MR) is 96.6 cm³/mol. The van der Waals surface area contributed by atoms with Gasteiger partial charge in [0.1, 0.15) is 11.5 Å². The first-order chi connectivity index (χ1) is 12.8. The quantitative estimate of drug-likeness (QED) is 0.385. The van der Waals surface area contributed by atoms with Crippen molar-refractivity contribution in [2.45, 2.75) is 20.4 Å². The number of thiazole rings is 1. The molecule has 10 heteroatoms. The third-order valence-electron chi connectivity index (χ3n) is 3.81. The second-order valence-electron chi connectivity index (χ2n) is 5.79. The fourth-order valence-corrected chi connectivity index (χ4v) is 3.90. The summed E-state index contributed by atoms with van der Waals surface area (Å²) in [6, 6.07) is 6.17. The molecule has 0 aliphatic heterocycles. The number of amides is 1. The minimum atomic E-state index is -0.775. The molecule has 1 amide bonds. The number of carbonyl (C=O) groups is 2. The molecule has 9 nitrogen and oxygen atoms in total. The Kier molecular flexibility index (Phi) is 4.91. The van der Waals surface area contributed by atoms with Crippen LogP contribution in [0.1, 0.15) is 21.7 Å². The van der Waals surface area contributed by atoms with E-state index >= 15 is 0 Å². The maximum atomic E-state index is 12.4. The van der Waals surface area contributed by atoms with Crippen LogP contribution < -0.4 is 4.80 Å². The zero-order valence-corrected chi connectivity index (χ0v) is 15.5. The van der Waals surface area contributed by atoms with Gasteiger partial charge in [0.25, 0.3) is 0 Å². The smallest absolute Gasteiger partial charge is 0.433 e. The summed E-state index contributed by atoms with van der Waals surface area (Å²) in [4.78, 5) is 38.5. The topological polar surface area (TPSA) is 117 Å². The summed E-state index contributed by atoms with van der Waals surface area (Å²) >= 11 is 1.23. The van der Waals surface area contributed by atoms with Gasteiger partial charge in [-0.15, -0.1) is 0 Å². The molecule has 0 atom stereocenters.